The highest BCUT2D eigenvalue weighted by atomic mass is 35.5. The topological polar surface area (TPSA) is 64.2 Å². The molecule has 0 atom stereocenters. The van der Waals surface area contributed by atoms with E-state index in [4.69, 9.17) is 17.3 Å². The molecule has 2 aromatic rings. The lowest BCUT2D eigenvalue weighted by atomic mass is 10.0. The van der Waals surface area contributed by atoms with E-state index in [1.807, 2.05) is 33.8 Å². The molecular weight excluding hydrogens is 324 g/mol. The quantitative estimate of drug-likeness (QED) is 0.928. The zero-order valence-electron chi connectivity index (χ0n) is 14.1. The molecule has 1 aromatic carbocycles. The van der Waals surface area contributed by atoms with Crippen molar-refractivity contribution >= 4 is 17.5 Å². The molecule has 1 aromatic heterocycles. The van der Waals surface area contributed by atoms with Gasteiger partial charge >= 0.3 is 0 Å². The van der Waals surface area contributed by atoms with Gasteiger partial charge in [-0.15, -0.1) is 0 Å². The van der Waals surface area contributed by atoms with Crippen LogP contribution in [0.15, 0.2) is 30.5 Å². The molecule has 0 saturated carbocycles. The maximum absolute atomic E-state index is 12.9. The van der Waals surface area contributed by atoms with E-state index in [9.17, 15) is 4.79 Å². The lowest BCUT2D eigenvalue weighted by Gasteiger charge is -2.30. The monoisotopic (exact) mass is 346 g/mol. The van der Waals surface area contributed by atoms with Gasteiger partial charge in [0.15, 0.2) is 0 Å². The molecule has 1 fully saturated rings. The van der Waals surface area contributed by atoms with E-state index in [1.54, 1.807) is 6.20 Å². The Morgan fingerprint density at radius 2 is 1.88 bits per heavy atom. The molecule has 128 valence electrons. The molecule has 1 aliphatic rings. The molecule has 0 radical (unpaired) electrons. The van der Waals surface area contributed by atoms with E-state index in [0.29, 0.717) is 23.7 Å². The average Bonchev–Trinajstić information content (AvgIpc) is 3.01. The fraction of sp³-hybridized carbons (Fsp3) is 0.444. The highest BCUT2D eigenvalue weighted by molar-refractivity contribution is 6.30. The van der Waals surface area contributed by atoms with Crippen LogP contribution >= 0.6 is 11.6 Å². The fourth-order valence-electron chi connectivity index (χ4n) is 3.14. The number of nitrogens with two attached hydrogens (primary N) is 1. The summed E-state index contributed by atoms with van der Waals surface area (Å²) in [5.41, 5.74) is 8.45. The summed E-state index contributed by atoms with van der Waals surface area (Å²) >= 11 is 5.97. The summed E-state index contributed by atoms with van der Waals surface area (Å²) in [7, 11) is 0. The largest absolute Gasteiger partial charge is 0.338 e. The third kappa shape index (κ3) is 3.32. The number of piperidine rings is 1. The Balaban J connectivity index is 1.94. The van der Waals surface area contributed by atoms with Gasteiger partial charge < -0.3 is 10.6 Å². The summed E-state index contributed by atoms with van der Waals surface area (Å²) in [6.45, 7) is 5.58. The van der Waals surface area contributed by atoms with Crippen molar-refractivity contribution in [1.29, 1.82) is 0 Å². The van der Waals surface area contributed by atoms with Gasteiger partial charge in [-0.25, -0.2) is 4.68 Å². The molecule has 1 amide bonds. The van der Waals surface area contributed by atoms with Crippen molar-refractivity contribution in [2.45, 2.75) is 38.6 Å². The summed E-state index contributed by atoms with van der Waals surface area (Å²) < 4.78 is 1.84. The van der Waals surface area contributed by atoms with Crippen molar-refractivity contribution in [3.05, 3.63) is 46.7 Å². The molecule has 1 aliphatic heterocycles. The van der Waals surface area contributed by atoms with Crippen LogP contribution < -0.4 is 5.73 Å². The first kappa shape index (κ1) is 17.0. The number of carbonyl (C=O) groups is 1. The first-order valence-electron chi connectivity index (χ1n) is 8.36. The summed E-state index contributed by atoms with van der Waals surface area (Å²) in [4.78, 5) is 14.8. The number of rotatable bonds is 3. The molecule has 2 heterocycles. The predicted molar refractivity (Wildman–Crippen MR) is 95.8 cm³/mol. The Hall–Kier alpha value is -1.85. The summed E-state index contributed by atoms with van der Waals surface area (Å²) in [6, 6.07) is 7.69. The van der Waals surface area contributed by atoms with Gasteiger partial charge in [-0.2, -0.15) is 5.10 Å². The maximum atomic E-state index is 12.9. The lowest BCUT2D eigenvalue weighted by molar-refractivity contribution is 0.0713. The number of hydrogen-bond donors (Lipinski definition) is 1. The maximum Gasteiger partial charge on any atom is 0.257 e. The van der Waals surface area contributed by atoms with E-state index in [2.05, 4.69) is 18.9 Å². The number of nitrogens with zero attached hydrogens (tertiary/aromatic N) is 3. The SMILES string of the molecule is CC(C)c1c(C(=O)N2CCC(N)CC2)cnn1-c1ccc(Cl)cc1. The minimum Gasteiger partial charge on any atom is -0.338 e. The van der Waals surface area contributed by atoms with Gasteiger partial charge in [0, 0.05) is 24.2 Å². The van der Waals surface area contributed by atoms with E-state index >= 15 is 0 Å². The predicted octanol–water partition coefficient (Wildman–Crippen LogP) is 3.21. The zero-order valence-corrected chi connectivity index (χ0v) is 14.8. The Morgan fingerprint density at radius 3 is 2.46 bits per heavy atom. The van der Waals surface area contributed by atoms with Gasteiger partial charge in [-0.05, 0) is 43.0 Å². The number of halogens is 1. The molecule has 24 heavy (non-hydrogen) atoms. The molecule has 2 N–H and O–H groups in total. The van der Waals surface area contributed by atoms with Crippen LogP contribution in [0.5, 0.6) is 0 Å². The van der Waals surface area contributed by atoms with Crippen molar-refractivity contribution in [1.82, 2.24) is 14.7 Å². The van der Waals surface area contributed by atoms with E-state index in [0.717, 1.165) is 24.2 Å². The molecule has 0 unspecified atom stereocenters. The Morgan fingerprint density at radius 1 is 1.25 bits per heavy atom. The van der Waals surface area contributed by atoms with Crippen LogP contribution in [0, 0.1) is 0 Å². The van der Waals surface area contributed by atoms with Crippen LogP contribution in [-0.4, -0.2) is 39.7 Å². The number of aromatic nitrogens is 2. The summed E-state index contributed by atoms with van der Waals surface area (Å²) in [6.07, 6.45) is 3.39. The third-order valence-corrected chi connectivity index (χ3v) is 4.73. The highest BCUT2D eigenvalue weighted by Gasteiger charge is 2.27. The molecule has 0 aliphatic carbocycles. The van der Waals surface area contributed by atoms with E-state index < -0.39 is 0 Å². The number of likely N-dealkylation sites (tertiary alicyclic amines) is 1. The minimum atomic E-state index is 0.0470. The number of benzene rings is 1. The summed E-state index contributed by atoms with van der Waals surface area (Å²) in [5, 5.41) is 5.15. The van der Waals surface area contributed by atoms with Crippen molar-refractivity contribution in [2.75, 3.05) is 13.1 Å². The molecule has 1 saturated heterocycles. The van der Waals surface area contributed by atoms with Gasteiger partial charge in [0.25, 0.3) is 5.91 Å². The highest BCUT2D eigenvalue weighted by Crippen LogP contribution is 2.25. The van der Waals surface area contributed by atoms with Crippen molar-refractivity contribution in [3.63, 3.8) is 0 Å². The first-order chi connectivity index (χ1) is 11.5. The van der Waals surface area contributed by atoms with Crippen LogP contribution in [-0.2, 0) is 0 Å². The second kappa shape index (κ2) is 6.95. The molecule has 3 rings (SSSR count). The second-order valence-electron chi connectivity index (χ2n) is 6.62. The van der Waals surface area contributed by atoms with Gasteiger partial charge in [0.2, 0.25) is 0 Å². The van der Waals surface area contributed by atoms with Crippen LogP contribution in [0.25, 0.3) is 5.69 Å². The second-order valence-corrected chi connectivity index (χ2v) is 7.05. The van der Waals surface area contributed by atoms with Crippen molar-refractivity contribution < 1.29 is 4.79 Å². The van der Waals surface area contributed by atoms with Gasteiger partial charge in [0.05, 0.1) is 23.1 Å². The first-order valence-corrected chi connectivity index (χ1v) is 8.74. The molecule has 5 nitrogen and oxygen atoms in total. The van der Waals surface area contributed by atoms with Crippen LogP contribution in [0.2, 0.25) is 5.02 Å². The van der Waals surface area contributed by atoms with Crippen LogP contribution in [0.3, 0.4) is 0 Å². The average molecular weight is 347 g/mol. The minimum absolute atomic E-state index is 0.0470. The molecule has 6 heteroatoms. The number of amides is 1. The van der Waals surface area contributed by atoms with Gasteiger partial charge in [0.1, 0.15) is 0 Å². The number of carbonyl (C=O) groups excluding carboxylic acids is 1. The van der Waals surface area contributed by atoms with Crippen LogP contribution in [0.4, 0.5) is 0 Å². The molecule has 0 spiro atoms. The lowest BCUT2D eigenvalue weighted by Crippen LogP contribution is -2.43. The van der Waals surface area contributed by atoms with Crippen LogP contribution in [0.1, 0.15) is 48.7 Å². The smallest absolute Gasteiger partial charge is 0.257 e. The van der Waals surface area contributed by atoms with Crippen molar-refractivity contribution in [2.24, 2.45) is 5.73 Å². The van der Waals surface area contributed by atoms with Gasteiger partial charge in [-0.3, -0.25) is 4.79 Å². The summed E-state index contributed by atoms with van der Waals surface area (Å²) in [5.74, 6) is 0.222. The zero-order chi connectivity index (χ0) is 17.3. The normalized spacial score (nSPS) is 16.0. The number of hydrogen-bond acceptors (Lipinski definition) is 3. The van der Waals surface area contributed by atoms with E-state index in [1.165, 1.54) is 0 Å². The fourth-order valence-corrected chi connectivity index (χ4v) is 3.27. The van der Waals surface area contributed by atoms with Crippen molar-refractivity contribution in [3.8, 4) is 5.69 Å². The van der Waals surface area contributed by atoms with Gasteiger partial charge in [-0.1, -0.05) is 25.4 Å². The molecular formula is C18H23ClN4O. The van der Waals surface area contributed by atoms with E-state index in [-0.39, 0.29) is 17.9 Å². The third-order valence-electron chi connectivity index (χ3n) is 4.48. The Labute approximate surface area is 147 Å². The molecule has 0 bridgehead atoms. The Kier molecular flexibility index (Phi) is 4.92. The standard InChI is InChI=1S/C18H23ClN4O/c1-12(2)17-16(18(24)22-9-7-14(20)8-10-22)11-21-23(17)15-5-3-13(19)4-6-15/h3-6,11-12,14H,7-10,20H2,1-2H3. The Bertz CT molecular complexity index is 715.